The zero-order valence-electron chi connectivity index (χ0n) is 19.5. The van der Waals surface area contributed by atoms with Crippen LogP contribution < -0.4 is 5.32 Å². The van der Waals surface area contributed by atoms with Crippen LogP contribution in [-0.2, 0) is 19.1 Å². The fourth-order valence-electron chi connectivity index (χ4n) is 3.60. The summed E-state index contributed by atoms with van der Waals surface area (Å²) >= 11 is 1.18. The molecule has 1 aliphatic rings. The normalized spacial score (nSPS) is 13.2. The summed E-state index contributed by atoms with van der Waals surface area (Å²) in [5.41, 5.74) is 1.45. The van der Waals surface area contributed by atoms with E-state index in [1.54, 1.807) is 25.1 Å². The molecule has 1 aliphatic heterocycles. The number of hydrogen-bond acceptors (Lipinski definition) is 8. The van der Waals surface area contributed by atoms with E-state index in [9.17, 15) is 24.0 Å². The quantitative estimate of drug-likeness (QED) is 0.365. The predicted molar refractivity (Wildman–Crippen MR) is 132 cm³/mol. The van der Waals surface area contributed by atoms with Gasteiger partial charge in [-0.2, -0.15) is 0 Å². The lowest BCUT2D eigenvalue weighted by molar-refractivity contribution is -0.153. The number of hydrogen-bond donors (Lipinski definition) is 1. The summed E-state index contributed by atoms with van der Waals surface area (Å²) in [6.07, 6.45) is -1.26. The highest BCUT2D eigenvalue weighted by Gasteiger charge is 2.37. The fraction of sp³-hybridized carbons (Fsp3) is 0.192. The molecular weight excluding hydrogens is 484 g/mol. The molecule has 1 aromatic heterocycles. The minimum Gasteiger partial charge on any atom is -0.462 e. The van der Waals surface area contributed by atoms with E-state index in [2.05, 4.69) is 5.32 Å². The van der Waals surface area contributed by atoms with E-state index >= 15 is 0 Å². The molecule has 184 valence electrons. The van der Waals surface area contributed by atoms with Crippen LogP contribution in [0.15, 0.2) is 60.7 Å². The molecule has 9 nitrogen and oxygen atoms in total. The van der Waals surface area contributed by atoms with Crippen molar-refractivity contribution in [3.8, 4) is 10.4 Å². The monoisotopic (exact) mass is 506 g/mol. The second-order valence-electron chi connectivity index (χ2n) is 7.80. The molecule has 2 heterocycles. The summed E-state index contributed by atoms with van der Waals surface area (Å²) in [7, 11) is 0. The Balaban J connectivity index is 1.43. The number of carbonyl (C=O) groups excluding carboxylic acids is 5. The molecule has 4 rings (SSSR count). The Kier molecular flexibility index (Phi) is 7.25. The van der Waals surface area contributed by atoms with Crippen molar-refractivity contribution in [2.24, 2.45) is 0 Å². The Morgan fingerprint density at radius 1 is 0.972 bits per heavy atom. The largest absolute Gasteiger partial charge is 0.462 e. The van der Waals surface area contributed by atoms with Gasteiger partial charge in [0.25, 0.3) is 17.7 Å². The van der Waals surface area contributed by atoms with E-state index in [0.717, 1.165) is 15.3 Å². The maximum atomic E-state index is 12.8. The topological polar surface area (TPSA) is 119 Å². The number of esters is 2. The van der Waals surface area contributed by atoms with Crippen LogP contribution in [0.3, 0.4) is 0 Å². The van der Waals surface area contributed by atoms with Crippen molar-refractivity contribution in [2.45, 2.75) is 20.0 Å². The highest BCUT2D eigenvalue weighted by Crippen LogP contribution is 2.36. The number of amides is 3. The first-order valence-electron chi connectivity index (χ1n) is 11.1. The van der Waals surface area contributed by atoms with Gasteiger partial charge in [-0.3, -0.25) is 24.1 Å². The van der Waals surface area contributed by atoms with Crippen molar-refractivity contribution in [2.75, 3.05) is 18.5 Å². The first-order chi connectivity index (χ1) is 17.3. The summed E-state index contributed by atoms with van der Waals surface area (Å²) in [4.78, 5) is 64.1. The third-order valence-electron chi connectivity index (χ3n) is 5.37. The molecule has 1 atom stereocenters. The van der Waals surface area contributed by atoms with Gasteiger partial charge in [-0.25, -0.2) is 4.79 Å². The van der Waals surface area contributed by atoms with Gasteiger partial charge in [0, 0.05) is 4.88 Å². The van der Waals surface area contributed by atoms with Crippen LogP contribution in [-0.4, -0.2) is 53.8 Å². The van der Waals surface area contributed by atoms with E-state index in [1.807, 2.05) is 30.3 Å². The lowest BCUT2D eigenvalue weighted by Gasteiger charge is -2.16. The van der Waals surface area contributed by atoms with Gasteiger partial charge in [0.1, 0.15) is 11.5 Å². The smallest absolute Gasteiger partial charge is 0.341 e. The zero-order valence-corrected chi connectivity index (χ0v) is 20.3. The van der Waals surface area contributed by atoms with Gasteiger partial charge in [-0.1, -0.05) is 42.5 Å². The van der Waals surface area contributed by atoms with Gasteiger partial charge in [0.05, 0.1) is 23.3 Å². The third kappa shape index (κ3) is 5.03. The number of fused-ring (bicyclic) bond motifs is 1. The lowest BCUT2D eigenvalue weighted by atomic mass is 10.1. The average Bonchev–Trinajstić information content (AvgIpc) is 3.40. The van der Waals surface area contributed by atoms with Crippen LogP contribution in [0.1, 0.15) is 44.9 Å². The molecule has 0 fully saturated rings. The van der Waals surface area contributed by atoms with Crippen LogP contribution in [0.2, 0.25) is 0 Å². The summed E-state index contributed by atoms with van der Waals surface area (Å²) in [5.74, 6) is -3.40. The molecule has 3 aromatic rings. The van der Waals surface area contributed by atoms with Crippen molar-refractivity contribution in [1.29, 1.82) is 0 Å². The van der Waals surface area contributed by atoms with Crippen LogP contribution >= 0.6 is 11.3 Å². The molecule has 0 bridgehead atoms. The van der Waals surface area contributed by atoms with E-state index in [0.29, 0.717) is 0 Å². The maximum Gasteiger partial charge on any atom is 0.341 e. The van der Waals surface area contributed by atoms with Gasteiger partial charge in [0.15, 0.2) is 6.10 Å². The van der Waals surface area contributed by atoms with Crippen molar-refractivity contribution in [3.63, 3.8) is 0 Å². The Bertz CT molecular complexity index is 1310. The minimum atomic E-state index is -1.26. The van der Waals surface area contributed by atoms with Gasteiger partial charge < -0.3 is 14.8 Å². The highest BCUT2D eigenvalue weighted by molar-refractivity contribution is 7.20. The number of rotatable bonds is 8. The van der Waals surface area contributed by atoms with Crippen LogP contribution in [0.25, 0.3) is 10.4 Å². The van der Waals surface area contributed by atoms with Crippen LogP contribution in [0.5, 0.6) is 0 Å². The lowest BCUT2D eigenvalue weighted by Crippen LogP contribution is -2.38. The Morgan fingerprint density at radius 2 is 1.58 bits per heavy atom. The minimum absolute atomic E-state index is 0.161. The Labute approximate surface area is 210 Å². The molecule has 0 radical (unpaired) electrons. The molecule has 3 amide bonds. The molecule has 36 heavy (non-hydrogen) atoms. The van der Waals surface area contributed by atoms with Crippen LogP contribution in [0.4, 0.5) is 5.00 Å². The first-order valence-corrected chi connectivity index (χ1v) is 11.9. The average molecular weight is 507 g/mol. The second-order valence-corrected chi connectivity index (χ2v) is 8.86. The number of nitrogens with one attached hydrogen (secondary N) is 1. The molecule has 0 saturated carbocycles. The Morgan fingerprint density at radius 3 is 2.19 bits per heavy atom. The van der Waals surface area contributed by atoms with Crippen molar-refractivity contribution < 1.29 is 33.4 Å². The number of thiophene rings is 1. The van der Waals surface area contributed by atoms with E-state index in [-0.39, 0.29) is 28.3 Å². The Hall–Kier alpha value is -4.31. The number of imide groups is 1. The number of carbonyl (C=O) groups is 5. The van der Waals surface area contributed by atoms with Crippen LogP contribution in [0, 0.1) is 0 Å². The van der Waals surface area contributed by atoms with Crippen molar-refractivity contribution >= 4 is 46.0 Å². The molecule has 0 spiro atoms. The van der Waals surface area contributed by atoms with Gasteiger partial charge >= 0.3 is 11.9 Å². The fourth-order valence-corrected chi connectivity index (χ4v) is 4.66. The first kappa shape index (κ1) is 24.8. The van der Waals surface area contributed by atoms with Crippen molar-refractivity contribution in [3.05, 3.63) is 77.4 Å². The molecular formula is C26H22N2O7S. The summed E-state index contributed by atoms with van der Waals surface area (Å²) in [6, 6.07) is 17.2. The van der Waals surface area contributed by atoms with E-state index in [1.165, 1.54) is 30.4 Å². The van der Waals surface area contributed by atoms with E-state index in [4.69, 9.17) is 9.47 Å². The van der Waals surface area contributed by atoms with Crippen molar-refractivity contribution in [1.82, 2.24) is 4.90 Å². The molecule has 0 aliphatic carbocycles. The summed E-state index contributed by atoms with van der Waals surface area (Å²) in [5, 5.41) is 2.88. The van der Waals surface area contributed by atoms with Gasteiger partial charge in [-0.05, 0) is 37.6 Å². The SMILES string of the molecule is CCOC(=O)c1cc(-c2ccccc2)sc1NC(=O)C(C)OC(=O)CN1C(=O)c2ccccc2C1=O. The molecule has 10 heteroatoms. The number of anilines is 1. The second kappa shape index (κ2) is 10.5. The van der Waals surface area contributed by atoms with Gasteiger partial charge in [-0.15, -0.1) is 11.3 Å². The number of benzene rings is 2. The molecule has 1 unspecified atom stereocenters. The molecule has 2 aromatic carbocycles. The summed E-state index contributed by atoms with van der Waals surface area (Å²) in [6.45, 7) is 2.56. The zero-order chi connectivity index (χ0) is 25.8. The molecule has 0 saturated heterocycles. The third-order valence-corrected chi connectivity index (χ3v) is 6.46. The van der Waals surface area contributed by atoms with E-state index < -0.39 is 42.3 Å². The summed E-state index contributed by atoms with van der Waals surface area (Å²) < 4.78 is 10.3. The standard InChI is InChI=1S/C26H22N2O7S/c1-3-34-26(33)19-13-20(16-9-5-4-6-10-16)36-23(19)27-22(30)15(2)35-21(29)14-28-24(31)17-11-7-8-12-18(17)25(28)32/h4-13,15H,3,14H2,1-2H3,(H,27,30). The van der Waals surface area contributed by atoms with Gasteiger partial charge in [0.2, 0.25) is 0 Å². The number of ether oxygens (including phenoxy) is 2. The maximum absolute atomic E-state index is 12.8. The highest BCUT2D eigenvalue weighted by atomic mass is 32.1. The molecule has 1 N–H and O–H groups in total. The predicted octanol–water partition coefficient (Wildman–Crippen LogP) is 3.76. The number of nitrogens with zero attached hydrogens (tertiary/aromatic N) is 1.